The van der Waals surface area contributed by atoms with Gasteiger partial charge in [-0.1, -0.05) is 18.7 Å². The monoisotopic (exact) mass is 704 g/mol. The number of ether oxygens (including phenoxy) is 1. The average Bonchev–Trinajstić information content (AvgIpc) is 3.48. The maximum Gasteiger partial charge on any atom is 0.341 e. The Kier molecular flexibility index (Phi) is 10.1. The van der Waals surface area contributed by atoms with E-state index in [0.29, 0.717) is 54.2 Å². The molecule has 1 aliphatic rings. The lowest BCUT2D eigenvalue weighted by Crippen LogP contribution is -2.45. The quantitative estimate of drug-likeness (QED) is 0.0514. The lowest BCUT2D eigenvalue weighted by molar-refractivity contribution is -0.134. The number of benzene rings is 2. The van der Waals surface area contributed by atoms with E-state index in [9.17, 15) is 38.3 Å². The van der Waals surface area contributed by atoms with E-state index in [-0.39, 0.29) is 23.1 Å². The number of aromatic amines is 1. The zero-order chi connectivity index (χ0) is 34.8. The molecule has 0 bridgehead atoms. The molecule has 0 saturated carbocycles. The molecule has 17 nitrogen and oxygen atoms in total. The second-order valence-electron chi connectivity index (χ2n) is 10.9. The molecule has 1 aliphatic heterocycles. The van der Waals surface area contributed by atoms with Crippen molar-refractivity contribution in [3.05, 3.63) is 61.1 Å². The van der Waals surface area contributed by atoms with Crippen LogP contribution >= 0.6 is 15.2 Å². The number of carbonyl (C=O) groups is 2. The standard InChI is InChI=1S/C28H31FN8O9P2/c1-3-22(38)31-17-6-4-5-16(11-17)25-19-15-30-35-27(19)34-28(33-25)32-18-12-20(29)26(37-9-7-36(2)8-10-37)21(13-18)46-23(39)14-24(47(40,41)42)48(43,44)45/h3-6,11-13,15,24H,1,7-10,14H2,2H3,(H,31,38)(H2,40,41,42)(H2,43,44,45)(H2,30,32,33,34,35). The molecule has 0 spiro atoms. The molecule has 254 valence electrons. The number of likely N-dealkylation sites (N-methyl/N-ethyl adjacent to an activating group) is 1. The van der Waals surface area contributed by atoms with Crippen molar-refractivity contribution in [2.75, 3.05) is 48.8 Å². The van der Waals surface area contributed by atoms with E-state index in [1.165, 1.54) is 12.3 Å². The van der Waals surface area contributed by atoms with Crippen LogP contribution in [-0.4, -0.2) is 95.1 Å². The van der Waals surface area contributed by atoms with Gasteiger partial charge in [-0.2, -0.15) is 10.1 Å². The van der Waals surface area contributed by atoms with Crippen LogP contribution in [0.2, 0.25) is 0 Å². The molecule has 2 aromatic carbocycles. The zero-order valence-corrected chi connectivity index (χ0v) is 27.1. The van der Waals surface area contributed by atoms with E-state index in [4.69, 9.17) is 4.74 Å². The highest BCUT2D eigenvalue weighted by molar-refractivity contribution is 7.70. The molecule has 0 radical (unpaired) electrons. The van der Waals surface area contributed by atoms with E-state index in [1.807, 2.05) is 11.9 Å². The van der Waals surface area contributed by atoms with Gasteiger partial charge in [0.15, 0.2) is 22.6 Å². The summed E-state index contributed by atoms with van der Waals surface area (Å²) in [5, 5.41) is 10.2. The lowest BCUT2D eigenvalue weighted by atomic mass is 10.1. The predicted octanol–water partition coefficient (Wildman–Crippen LogP) is 2.76. The maximum absolute atomic E-state index is 15.9. The van der Waals surface area contributed by atoms with Gasteiger partial charge in [-0.3, -0.25) is 23.8 Å². The topological polar surface area (TPSA) is 243 Å². The van der Waals surface area contributed by atoms with Gasteiger partial charge in [0.25, 0.3) is 0 Å². The Balaban J connectivity index is 1.51. The van der Waals surface area contributed by atoms with Gasteiger partial charge in [0.05, 0.1) is 23.7 Å². The third-order valence-electron chi connectivity index (χ3n) is 7.35. The Hall–Kier alpha value is -4.54. The van der Waals surface area contributed by atoms with E-state index >= 15 is 4.39 Å². The van der Waals surface area contributed by atoms with Crippen molar-refractivity contribution < 1.29 is 47.4 Å². The van der Waals surface area contributed by atoms with Crippen LogP contribution in [0, 0.1) is 5.82 Å². The minimum absolute atomic E-state index is 0.00603. The minimum Gasteiger partial charge on any atom is -0.424 e. The zero-order valence-electron chi connectivity index (χ0n) is 25.3. The number of halogens is 1. The molecule has 4 aromatic rings. The normalized spacial score (nSPS) is 14.3. The first-order valence-corrected chi connectivity index (χ1v) is 17.6. The largest absolute Gasteiger partial charge is 0.424 e. The van der Waals surface area contributed by atoms with Crippen molar-refractivity contribution in [1.82, 2.24) is 25.1 Å². The second-order valence-corrected chi connectivity index (χ2v) is 14.9. The van der Waals surface area contributed by atoms with Crippen LogP contribution in [0.15, 0.2) is 55.3 Å². The number of anilines is 4. The van der Waals surface area contributed by atoms with E-state index < -0.39 is 44.7 Å². The fourth-order valence-electron chi connectivity index (χ4n) is 4.99. The van der Waals surface area contributed by atoms with Gasteiger partial charge in [0.1, 0.15) is 5.69 Å². The van der Waals surface area contributed by atoms with Crippen molar-refractivity contribution in [3.8, 4) is 17.0 Å². The van der Waals surface area contributed by atoms with Crippen LogP contribution < -0.4 is 20.3 Å². The Morgan fingerprint density at radius 2 is 1.79 bits per heavy atom. The number of H-pyrrole nitrogens is 1. The highest BCUT2D eigenvalue weighted by Crippen LogP contribution is 2.61. The molecule has 0 unspecified atom stereocenters. The summed E-state index contributed by atoms with van der Waals surface area (Å²) in [4.78, 5) is 75.2. The van der Waals surface area contributed by atoms with Crippen LogP contribution in [-0.2, 0) is 18.7 Å². The summed E-state index contributed by atoms with van der Waals surface area (Å²) in [7, 11) is -9.00. The Labute approximate surface area is 272 Å². The van der Waals surface area contributed by atoms with Crippen LogP contribution in [0.5, 0.6) is 5.75 Å². The Morgan fingerprint density at radius 3 is 2.46 bits per heavy atom. The first kappa shape index (κ1) is 34.8. The summed E-state index contributed by atoms with van der Waals surface area (Å²) in [5.74, 6) is -3.05. The molecule has 0 aliphatic carbocycles. The number of hydrogen-bond donors (Lipinski definition) is 7. The van der Waals surface area contributed by atoms with E-state index in [0.717, 1.165) is 12.1 Å². The first-order valence-electron chi connectivity index (χ1n) is 14.2. The van der Waals surface area contributed by atoms with E-state index in [1.54, 1.807) is 29.2 Å². The Morgan fingerprint density at radius 1 is 1.08 bits per heavy atom. The number of piperazine rings is 1. The third-order valence-corrected chi connectivity index (χ3v) is 11.1. The molecular weight excluding hydrogens is 673 g/mol. The lowest BCUT2D eigenvalue weighted by Gasteiger charge is -2.35. The number of rotatable bonds is 11. The van der Waals surface area contributed by atoms with Crippen molar-refractivity contribution in [2.24, 2.45) is 0 Å². The molecule has 1 saturated heterocycles. The summed E-state index contributed by atoms with van der Waals surface area (Å²) < 4.78 is 44.8. The molecule has 48 heavy (non-hydrogen) atoms. The van der Waals surface area contributed by atoms with Crippen molar-refractivity contribution in [1.29, 1.82) is 0 Å². The van der Waals surface area contributed by atoms with Gasteiger partial charge >= 0.3 is 21.2 Å². The van der Waals surface area contributed by atoms with Crippen LogP contribution in [0.25, 0.3) is 22.3 Å². The molecule has 3 heterocycles. The smallest absolute Gasteiger partial charge is 0.341 e. The molecular formula is C28H31FN8O9P2. The fourth-order valence-corrected chi connectivity index (χ4v) is 7.33. The predicted molar refractivity (Wildman–Crippen MR) is 173 cm³/mol. The number of amides is 1. The number of aromatic nitrogens is 4. The average molecular weight is 705 g/mol. The van der Waals surface area contributed by atoms with Gasteiger partial charge in [-0.15, -0.1) is 0 Å². The summed E-state index contributed by atoms with van der Waals surface area (Å²) in [6.07, 6.45) is 1.29. The molecule has 7 N–H and O–H groups in total. The number of nitrogens with zero attached hydrogens (tertiary/aromatic N) is 5. The van der Waals surface area contributed by atoms with E-state index in [2.05, 4.69) is 37.4 Å². The summed E-state index contributed by atoms with van der Waals surface area (Å²) in [5.41, 5.74) is 1.62. The molecule has 20 heteroatoms. The number of hydrogen-bond acceptors (Lipinski definition) is 11. The number of fused-ring (bicyclic) bond motifs is 1. The highest BCUT2D eigenvalue weighted by Gasteiger charge is 2.45. The molecule has 5 rings (SSSR count). The third kappa shape index (κ3) is 8.11. The van der Waals surface area contributed by atoms with Gasteiger partial charge in [0, 0.05) is 49.2 Å². The molecule has 0 atom stereocenters. The van der Waals surface area contributed by atoms with Gasteiger partial charge in [-0.05, 0) is 31.3 Å². The molecule has 1 fully saturated rings. The summed E-state index contributed by atoms with van der Waals surface area (Å²) in [6.45, 7) is 5.22. The van der Waals surface area contributed by atoms with Crippen molar-refractivity contribution in [2.45, 2.75) is 11.8 Å². The number of esters is 1. The van der Waals surface area contributed by atoms with Crippen LogP contribution in [0.4, 0.5) is 27.4 Å². The highest BCUT2D eigenvalue weighted by atomic mass is 31.2. The summed E-state index contributed by atoms with van der Waals surface area (Å²) >= 11 is 0. The first-order chi connectivity index (χ1) is 22.6. The molecule has 1 amide bonds. The van der Waals surface area contributed by atoms with Crippen molar-refractivity contribution in [3.63, 3.8) is 0 Å². The van der Waals surface area contributed by atoms with Gasteiger partial charge < -0.3 is 44.7 Å². The minimum atomic E-state index is -5.44. The second kappa shape index (κ2) is 13.9. The van der Waals surface area contributed by atoms with Gasteiger partial charge in [0.2, 0.25) is 11.9 Å². The SMILES string of the molecule is C=CC(=O)Nc1cccc(-c2nc(Nc3cc(F)c(N4CCN(C)CC4)c(OC(=O)CC(P(=O)(O)O)P(=O)(O)O)c3)nc3[nH]ncc23)c1. The Bertz CT molecular complexity index is 1950. The summed E-state index contributed by atoms with van der Waals surface area (Å²) in [6, 6.07) is 9.14. The van der Waals surface area contributed by atoms with Crippen LogP contribution in [0.1, 0.15) is 6.42 Å². The number of carbonyl (C=O) groups excluding carboxylic acids is 2. The van der Waals surface area contributed by atoms with Crippen LogP contribution in [0.3, 0.4) is 0 Å². The maximum atomic E-state index is 15.9. The van der Waals surface area contributed by atoms with Crippen molar-refractivity contribution >= 4 is 61.1 Å². The van der Waals surface area contributed by atoms with Gasteiger partial charge in [-0.25, -0.2) is 9.37 Å². The fraction of sp³-hybridized carbons (Fsp3) is 0.250. The number of nitrogens with one attached hydrogen (secondary N) is 3. The molecule has 2 aromatic heterocycles.